The second kappa shape index (κ2) is 5.18. The number of halogens is 1. The van der Waals surface area contributed by atoms with Gasteiger partial charge in [-0.2, -0.15) is 5.10 Å². The molecule has 1 aromatic carbocycles. The quantitative estimate of drug-likeness (QED) is 0.905. The van der Waals surface area contributed by atoms with Gasteiger partial charge in [-0.25, -0.2) is 4.39 Å². The van der Waals surface area contributed by atoms with Crippen molar-refractivity contribution in [3.05, 3.63) is 35.8 Å². The number of aryl methyl sites for hydroxylation is 1. The summed E-state index contributed by atoms with van der Waals surface area (Å²) in [5, 5.41) is 13.4. The van der Waals surface area contributed by atoms with Gasteiger partial charge in [-0.05, 0) is 25.1 Å². The average Bonchev–Trinajstić information content (AvgIpc) is 2.81. The number of aliphatic hydroxyl groups is 1. The molecule has 0 saturated heterocycles. The Balaban J connectivity index is 2.56. The number of hydrogen-bond acceptors (Lipinski definition) is 3. The van der Waals surface area contributed by atoms with E-state index in [0.717, 1.165) is 11.3 Å². The molecule has 1 aromatic heterocycles. The van der Waals surface area contributed by atoms with E-state index in [1.54, 1.807) is 16.8 Å². The summed E-state index contributed by atoms with van der Waals surface area (Å²) in [5.74, 6) is 0.106. The number of methoxy groups -OCH3 is 1. The number of ether oxygens (including phenoxy) is 1. The lowest BCUT2D eigenvalue weighted by atomic mass is 10.1. The number of rotatable bonds is 4. The van der Waals surface area contributed by atoms with Gasteiger partial charge in [-0.3, -0.25) is 4.68 Å². The van der Waals surface area contributed by atoms with E-state index in [-0.39, 0.29) is 12.4 Å². The molecule has 1 heterocycles. The highest BCUT2D eigenvalue weighted by Gasteiger charge is 2.13. The van der Waals surface area contributed by atoms with Crippen LogP contribution in [0.15, 0.2) is 24.3 Å². The van der Waals surface area contributed by atoms with Crippen LogP contribution in [0.4, 0.5) is 4.39 Å². The van der Waals surface area contributed by atoms with Gasteiger partial charge in [0.05, 0.1) is 25.1 Å². The number of nitrogens with zero attached hydrogens (tertiary/aromatic N) is 2. The van der Waals surface area contributed by atoms with E-state index in [4.69, 9.17) is 9.84 Å². The van der Waals surface area contributed by atoms with Crippen LogP contribution in [-0.2, 0) is 13.2 Å². The Hall–Kier alpha value is -1.88. The molecular formula is C13H15FN2O2. The SMILES string of the molecule is CCn1nc(CO)cc1-c1ccc(F)cc1OC. The molecule has 0 radical (unpaired) electrons. The van der Waals surface area contributed by atoms with Crippen LogP contribution in [0.5, 0.6) is 5.75 Å². The summed E-state index contributed by atoms with van der Waals surface area (Å²) in [5.41, 5.74) is 2.14. The number of benzene rings is 1. The Kier molecular flexibility index (Phi) is 3.62. The summed E-state index contributed by atoms with van der Waals surface area (Å²) < 4.78 is 20.1. The second-order valence-corrected chi connectivity index (χ2v) is 3.84. The van der Waals surface area contributed by atoms with Crippen molar-refractivity contribution in [3.8, 4) is 17.0 Å². The highest BCUT2D eigenvalue weighted by molar-refractivity contribution is 5.67. The summed E-state index contributed by atoms with van der Waals surface area (Å²) in [6.45, 7) is 2.49. The summed E-state index contributed by atoms with van der Waals surface area (Å²) in [6.07, 6.45) is 0. The fraction of sp³-hybridized carbons (Fsp3) is 0.308. The van der Waals surface area contributed by atoms with Crippen molar-refractivity contribution in [2.45, 2.75) is 20.1 Å². The Labute approximate surface area is 105 Å². The van der Waals surface area contributed by atoms with Gasteiger partial charge in [0.1, 0.15) is 11.6 Å². The Bertz CT molecular complexity index is 552. The van der Waals surface area contributed by atoms with Gasteiger partial charge in [0, 0.05) is 18.2 Å². The van der Waals surface area contributed by atoms with Gasteiger partial charge < -0.3 is 9.84 Å². The molecule has 0 saturated carbocycles. The fourth-order valence-corrected chi connectivity index (χ4v) is 1.88. The van der Waals surface area contributed by atoms with Gasteiger partial charge in [-0.15, -0.1) is 0 Å². The van der Waals surface area contributed by atoms with Gasteiger partial charge in [-0.1, -0.05) is 0 Å². The molecule has 1 N–H and O–H groups in total. The van der Waals surface area contributed by atoms with Crippen LogP contribution in [0.1, 0.15) is 12.6 Å². The maximum absolute atomic E-state index is 13.2. The zero-order chi connectivity index (χ0) is 13.1. The van der Waals surface area contributed by atoms with Crippen molar-refractivity contribution in [1.29, 1.82) is 0 Å². The molecule has 4 nitrogen and oxygen atoms in total. The van der Waals surface area contributed by atoms with Crippen LogP contribution < -0.4 is 4.74 Å². The van der Waals surface area contributed by atoms with Crippen molar-refractivity contribution in [1.82, 2.24) is 9.78 Å². The minimum absolute atomic E-state index is 0.122. The molecule has 0 amide bonds. The van der Waals surface area contributed by atoms with Crippen LogP contribution in [-0.4, -0.2) is 22.0 Å². The van der Waals surface area contributed by atoms with Gasteiger partial charge in [0.25, 0.3) is 0 Å². The number of hydrogen-bond donors (Lipinski definition) is 1. The Morgan fingerprint density at radius 1 is 1.39 bits per heavy atom. The first-order valence-corrected chi connectivity index (χ1v) is 5.71. The number of aromatic nitrogens is 2. The molecule has 18 heavy (non-hydrogen) atoms. The predicted molar refractivity (Wildman–Crippen MR) is 65.8 cm³/mol. The van der Waals surface area contributed by atoms with E-state index in [2.05, 4.69) is 5.10 Å². The van der Waals surface area contributed by atoms with Crippen LogP contribution >= 0.6 is 0 Å². The maximum atomic E-state index is 13.2. The van der Waals surface area contributed by atoms with Crippen LogP contribution in [0, 0.1) is 5.82 Å². The molecule has 0 spiro atoms. The first kappa shape index (κ1) is 12.6. The summed E-state index contributed by atoms with van der Waals surface area (Å²) >= 11 is 0. The molecule has 96 valence electrons. The van der Waals surface area contributed by atoms with Crippen molar-refractivity contribution >= 4 is 0 Å². The molecule has 0 bridgehead atoms. The van der Waals surface area contributed by atoms with E-state index in [1.165, 1.54) is 19.2 Å². The third-order valence-electron chi connectivity index (χ3n) is 2.73. The van der Waals surface area contributed by atoms with Crippen molar-refractivity contribution in [2.24, 2.45) is 0 Å². The minimum Gasteiger partial charge on any atom is -0.496 e. The third-order valence-corrected chi connectivity index (χ3v) is 2.73. The molecule has 0 aliphatic rings. The standard InChI is InChI=1S/C13H15FN2O2/c1-3-16-12(7-10(8-17)15-16)11-5-4-9(14)6-13(11)18-2/h4-7,17H,3,8H2,1-2H3. The highest BCUT2D eigenvalue weighted by atomic mass is 19.1. The maximum Gasteiger partial charge on any atom is 0.131 e. The normalized spacial score (nSPS) is 10.7. The van der Waals surface area contributed by atoms with Crippen molar-refractivity contribution < 1.29 is 14.2 Å². The van der Waals surface area contributed by atoms with Gasteiger partial charge in [0.2, 0.25) is 0 Å². The lowest BCUT2D eigenvalue weighted by molar-refractivity contribution is 0.275. The van der Waals surface area contributed by atoms with Crippen molar-refractivity contribution in [2.75, 3.05) is 7.11 Å². The molecule has 0 fully saturated rings. The topological polar surface area (TPSA) is 47.3 Å². The minimum atomic E-state index is -0.347. The summed E-state index contributed by atoms with van der Waals surface area (Å²) in [7, 11) is 1.50. The molecule has 2 rings (SSSR count). The van der Waals surface area contributed by atoms with E-state index >= 15 is 0 Å². The van der Waals surface area contributed by atoms with Crippen LogP contribution in [0.25, 0.3) is 11.3 Å². The predicted octanol–water partition coefficient (Wildman–Crippen LogP) is 2.21. The molecule has 2 aromatic rings. The second-order valence-electron chi connectivity index (χ2n) is 3.84. The number of aliphatic hydroxyl groups excluding tert-OH is 1. The molecule has 0 aliphatic heterocycles. The largest absolute Gasteiger partial charge is 0.496 e. The molecule has 0 unspecified atom stereocenters. The lowest BCUT2D eigenvalue weighted by Gasteiger charge is -2.09. The zero-order valence-electron chi connectivity index (χ0n) is 10.4. The van der Waals surface area contributed by atoms with Gasteiger partial charge >= 0.3 is 0 Å². The van der Waals surface area contributed by atoms with E-state index in [1.807, 2.05) is 6.92 Å². The van der Waals surface area contributed by atoms with Gasteiger partial charge in [0.15, 0.2) is 0 Å². The van der Waals surface area contributed by atoms with E-state index < -0.39 is 0 Å². The zero-order valence-corrected chi connectivity index (χ0v) is 10.4. The monoisotopic (exact) mass is 250 g/mol. The highest BCUT2D eigenvalue weighted by Crippen LogP contribution is 2.31. The van der Waals surface area contributed by atoms with E-state index in [0.29, 0.717) is 18.0 Å². The Morgan fingerprint density at radius 3 is 2.78 bits per heavy atom. The van der Waals surface area contributed by atoms with E-state index in [9.17, 15) is 4.39 Å². The first-order chi connectivity index (χ1) is 8.69. The van der Waals surface area contributed by atoms with Crippen LogP contribution in [0.3, 0.4) is 0 Å². The average molecular weight is 250 g/mol. The fourth-order valence-electron chi connectivity index (χ4n) is 1.88. The molecule has 0 aliphatic carbocycles. The lowest BCUT2D eigenvalue weighted by Crippen LogP contribution is -2.01. The molecular weight excluding hydrogens is 235 g/mol. The first-order valence-electron chi connectivity index (χ1n) is 5.71. The summed E-state index contributed by atoms with van der Waals surface area (Å²) in [6, 6.07) is 6.14. The smallest absolute Gasteiger partial charge is 0.131 e. The van der Waals surface area contributed by atoms with Crippen LogP contribution in [0.2, 0.25) is 0 Å². The molecule has 5 heteroatoms. The third kappa shape index (κ3) is 2.22. The Morgan fingerprint density at radius 2 is 2.17 bits per heavy atom. The summed E-state index contributed by atoms with van der Waals surface area (Å²) in [4.78, 5) is 0. The van der Waals surface area contributed by atoms with Crippen molar-refractivity contribution in [3.63, 3.8) is 0 Å². The molecule has 0 atom stereocenters.